The van der Waals surface area contributed by atoms with Gasteiger partial charge in [0.2, 0.25) is 0 Å². The van der Waals surface area contributed by atoms with Gasteiger partial charge in [0.25, 0.3) is 11.8 Å². The van der Waals surface area contributed by atoms with E-state index in [1.807, 2.05) is 60.3 Å². The average molecular weight is 399 g/mol. The lowest BCUT2D eigenvalue weighted by Crippen LogP contribution is -2.22. The highest BCUT2D eigenvalue weighted by molar-refractivity contribution is 6.50. The van der Waals surface area contributed by atoms with Crippen LogP contribution in [-0.4, -0.2) is 33.1 Å². The molecule has 1 aliphatic heterocycles. The van der Waals surface area contributed by atoms with Crippen LogP contribution >= 0.6 is 0 Å². The van der Waals surface area contributed by atoms with Crippen LogP contribution < -0.4 is 5.32 Å². The van der Waals surface area contributed by atoms with Crippen LogP contribution in [0.3, 0.4) is 0 Å². The summed E-state index contributed by atoms with van der Waals surface area (Å²) in [5.74, 6) is -0.766. The van der Waals surface area contributed by atoms with Crippen molar-refractivity contribution in [1.29, 1.82) is 0 Å². The number of aromatic amines is 1. The van der Waals surface area contributed by atoms with Gasteiger partial charge < -0.3 is 14.7 Å². The lowest BCUT2D eigenvalue weighted by molar-refractivity contribution is -0.122. The predicted octanol–water partition coefficient (Wildman–Crippen LogP) is 3.15. The molecule has 3 N–H and O–H groups in total. The first kappa shape index (κ1) is 18.4. The number of benzene rings is 2. The SMILES string of the molecule is Cn1ccc2cccc(C3=C(c4c[nH]c5c(CCCO)cccc45)C(=O)NC3=O)c21. The molecule has 4 aromatic rings. The van der Waals surface area contributed by atoms with E-state index in [4.69, 9.17) is 0 Å². The van der Waals surface area contributed by atoms with E-state index in [1.54, 1.807) is 6.20 Å². The number of aryl methyl sites for hydroxylation is 2. The van der Waals surface area contributed by atoms with Gasteiger partial charge in [0, 0.05) is 53.5 Å². The molecule has 0 saturated carbocycles. The quantitative estimate of drug-likeness (QED) is 0.451. The zero-order chi connectivity index (χ0) is 20.8. The fourth-order valence-corrected chi connectivity index (χ4v) is 4.43. The Morgan fingerprint density at radius 2 is 1.73 bits per heavy atom. The summed E-state index contributed by atoms with van der Waals surface area (Å²) >= 11 is 0. The molecule has 2 aromatic heterocycles. The Morgan fingerprint density at radius 3 is 2.53 bits per heavy atom. The third-order valence-corrected chi connectivity index (χ3v) is 5.77. The van der Waals surface area contributed by atoms with Crippen molar-refractivity contribution in [3.8, 4) is 0 Å². The van der Waals surface area contributed by atoms with Crippen molar-refractivity contribution in [2.75, 3.05) is 6.61 Å². The van der Waals surface area contributed by atoms with E-state index in [2.05, 4.69) is 10.3 Å². The van der Waals surface area contributed by atoms with Crippen molar-refractivity contribution in [1.82, 2.24) is 14.9 Å². The Hall–Kier alpha value is -3.64. The minimum Gasteiger partial charge on any atom is -0.396 e. The molecule has 0 saturated heterocycles. The summed E-state index contributed by atoms with van der Waals surface area (Å²) in [4.78, 5) is 29.0. The third kappa shape index (κ3) is 2.69. The van der Waals surface area contributed by atoms with Gasteiger partial charge in [-0.2, -0.15) is 0 Å². The monoisotopic (exact) mass is 399 g/mol. The minimum atomic E-state index is -0.386. The topological polar surface area (TPSA) is 87.1 Å². The number of imide groups is 1. The Labute approximate surface area is 172 Å². The molecule has 150 valence electrons. The smallest absolute Gasteiger partial charge is 0.259 e. The van der Waals surface area contributed by atoms with Crippen molar-refractivity contribution in [2.24, 2.45) is 7.05 Å². The standard InChI is InChI=1S/C24H21N3O3/c1-27-11-10-15-6-3-9-17(22(15)27)19-20(24(30)26-23(19)29)18-13-25-21-14(7-4-12-28)5-2-8-16(18)21/h2-3,5-6,8-11,13,25,28H,4,7,12H2,1H3,(H,26,29,30). The zero-order valence-electron chi connectivity index (χ0n) is 16.5. The van der Waals surface area contributed by atoms with Gasteiger partial charge in [-0.15, -0.1) is 0 Å². The fourth-order valence-electron chi connectivity index (χ4n) is 4.43. The maximum absolute atomic E-state index is 12.9. The van der Waals surface area contributed by atoms with Gasteiger partial charge in [0.05, 0.1) is 16.7 Å². The summed E-state index contributed by atoms with van der Waals surface area (Å²) in [5, 5.41) is 13.6. The highest BCUT2D eigenvalue weighted by atomic mass is 16.3. The Bertz CT molecular complexity index is 1360. The molecular weight excluding hydrogens is 378 g/mol. The van der Waals surface area contributed by atoms with Crippen LogP contribution in [0, 0.1) is 0 Å². The van der Waals surface area contributed by atoms with Gasteiger partial charge in [0.15, 0.2) is 0 Å². The number of aliphatic hydroxyl groups is 1. The summed E-state index contributed by atoms with van der Waals surface area (Å²) < 4.78 is 1.97. The van der Waals surface area contributed by atoms with E-state index >= 15 is 0 Å². The number of fused-ring (bicyclic) bond motifs is 2. The molecule has 2 amide bonds. The number of para-hydroxylation sites is 2. The highest BCUT2D eigenvalue weighted by Gasteiger charge is 2.34. The predicted molar refractivity (Wildman–Crippen MR) is 117 cm³/mol. The van der Waals surface area contributed by atoms with Gasteiger partial charge in [0.1, 0.15) is 0 Å². The number of nitrogens with zero attached hydrogens (tertiary/aromatic N) is 1. The molecule has 0 fully saturated rings. The Balaban J connectivity index is 1.78. The lowest BCUT2D eigenvalue weighted by atomic mass is 9.94. The van der Waals surface area contributed by atoms with Crippen LogP contribution in [0.2, 0.25) is 0 Å². The van der Waals surface area contributed by atoms with Gasteiger partial charge in [-0.3, -0.25) is 14.9 Å². The summed E-state index contributed by atoms with van der Waals surface area (Å²) in [5.41, 5.74) is 5.15. The van der Waals surface area contributed by atoms with Crippen molar-refractivity contribution < 1.29 is 14.7 Å². The number of hydrogen-bond donors (Lipinski definition) is 3. The number of H-pyrrole nitrogens is 1. The first-order valence-corrected chi connectivity index (χ1v) is 9.94. The maximum atomic E-state index is 12.9. The molecule has 2 aromatic carbocycles. The fraction of sp³-hybridized carbons (Fsp3) is 0.167. The number of aliphatic hydroxyl groups excluding tert-OH is 1. The molecule has 6 heteroatoms. The number of hydrogen-bond acceptors (Lipinski definition) is 3. The van der Waals surface area contributed by atoms with Crippen LogP contribution in [0.5, 0.6) is 0 Å². The van der Waals surface area contributed by atoms with Gasteiger partial charge in [-0.05, 0) is 24.5 Å². The van der Waals surface area contributed by atoms with Crippen molar-refractivity contribution in [3.05, 3.63) is 71.5 Å². The highest BCUT2D eigenvalue weighted by Crippen LogP contribution is 2.38. The van der Waals surface area contributed by atoms with Crippen LogP contribution in [0.25, 0.3) is 33.0 Å². The molecule has 3 heterocycles. The molecule has 5 rings (SSSR count). The van der Waals surface area contributed by atoms with Crippen molar-refractivity contribution in [2.45, 2.75) is 12.8 Å². The summed E-state index contributed by atoms with van der Waals surface area (Å²) in [6.45, 7) is 0.122. The lowest BCUT2D eigenvalue weighted by Gasteiger charge is -2.08. The first-order chi connectivity index (χ1) is 14.6. The van der Waals surface area contributed by atoms with Crippen molar-refractivity contribution >= 4 is 44.8 Å². The number of aromatic nitrogens is 2. The molecule has 0 bridgehead atoms. The van der Waals surface area contributed by atoms with Crippen LogP contribution in [0.1, 0.15) is 23.1 Å². The van der Waals surface area contributed by atoms with E-state index in [-0.39, 0.29) is 18.4 Å². The van der Waals surface area contributed by atoms with Gasteiger partial charge in [-0.25, -0.2) is 0 Å². The second kappa shape index (κ2) is 7.00. The van der Waals surface area contributed by atoms with E-state index in [9.17, 15) is 14.7 Å². The molecule has 0 atom stereocenters. The molecule has 0 radical (unpaired) electrons. The summed E-state index contributed by atoms with van der Waals surface area (Å²) in [6, 6.07) is 13.7. The number of nitrogens with one attached hydrogen (secondary N) is 2. The molecule has 0 unspecified atom stereocenters. The Morgan fingerprint density at radius 1 is 0.967 bits per heavy atom. The molecule has 1 aliphatic rings. The van der Waals surface area contributed by atoms with Crippen LogP contribution in [-0.2, 0) is 23.1 Å². The molecule has 30 heavy (non-hydrogen) atoms. The van der Waals surface area contributed by atoms with E-state index in [0.717, 1.165) is 39.4 Å². The number of amides is 2. The molecule has 0 aliphatic carbocycles. The number of carbonyl (C=O) groups excluding carboxylic acids is 2. The second-order valence-electron chi connectivity index (χ2n) is 7.57. The van der Waals surface area contributed by atoms with Crippen LogP contribution in [0.15, 0.2) is 54.9 Å². The average Bonchev–Trinajstić information content (AvgIpc) is 3.41. The maximum Gasteiger partial charge on any atom is 0.259 e. The number of carbonyl (C=O) groups is 2. The van der Waals surface area contributed by atoms with E-state index < -0.39 is 0 Å². The summed E-state index contributed by atoms with van der Waals surface area (Å²) in [7, 11) is 1.93. The van der Waals surface area contributed by atoms with E-state index in [0.29, 0.717) is 23.1 Å². The van der Waals surface area contributed by atoms with Crippen LogP contribution in [0.4, 0.5) is 0 Å². The van der Waals surface area contributed by atoms with Gasteiger partial charge >= 0.3 is 0 Å². The zero-order valence-corrected chi connectivity index (χ0v) is 16.5. The second-order valence-corrected chi connectivity index (χ2v) is 7.57. The van der Waals surface area contributed by atoms with Gasteiger partial charge in [-0.1, -0.05) is 36.4 Å². The molecular formula is C24H21N3O3. The third-order valence-electron chi connectivity index (χ3n) is 5.77. The Kier molecular flexibility index (Phi) is 4.29. The van der Waals surface area contributed by atoms with E-state index in [1.165, 1.54) is 0 Å². The van der Waals surface area contributed by atoms with Crippen molar-refractivity contribution in [3.63, 3.8) is 0 Å². The normalized spacial score (nSPS) is 14.3. The summed E-state index contributed by atoms with van der Waals surface area (Å²) in [6.07, 6.45) is 5.14. The molecule has 0 spiro atoms. The molecule has 6 nitrogen and oxygen atoms in total. The number of rotatable bonds is 5. The largest absolute Gasteiger partial charge is 0.396 e. The minimum absolute atomic E-state index is 0.122. The first-order valence-electron chi connectivity index (χ1n) is 9.94.